The summed E-state index contributed by atoms with van der Waals surface area (Å²) < 4.78 is 41.9. The van der Waals surface area contributed by atoms with Gasteiger partial charge in [-0.05, 0) is 18.2 Å². The highest BCUT2D eigenvalue weighted by Crippen LogP contribution is 2.22. The molecule has 1 aromatic carbocycles. The van der Waals surface area contributed by atoms with Crippen LogP contribution in [-0.4, -0.2) is 13.0 Å². The number of hydrogen-bond donors (Lipinski definition) is 0. The Kier molecular flexibility index (Phi) is 4.25. The van der Waals surface area contributed by atoms with Crippen LogP contribution in [0.4, 0.5) is 13.2 Å². The molecule has 0 bridgehead atoms. The molecule has 0 heterocycles. The van der Waals surface area contributed by atoms with E-state index >= 15 is 0 Å². The van der Waals surface area contributed by atoms with Crippen LogP contribution >= 0.6 is 15.9 Å². The molecule has 0 aliphatic heterocycles. The molecule has 0 saturated heterocycles. The Hall–Kier alpha value is -0.710. The van der Waals surface area contributed by atoms with Crippen molar-refractivity contribution in [3.63, 3.8) is 0 Å². The molecule has 0 aromatic heterocycles. The molecule has 0 aliphatic carbocycles. The van der Waals surface area contributed by atoms with Gasteiger partial charge in [-0.25, -0.2) is 13.2 Å². The van der Waals surface area contributed by atoms with Crippen molar-refractivity contribution in [2.24, 2.45) is 0 Å². The molecule has 0 spiro atoms. The molecule has 1 rings (SSSR count). The zero-order valence-corrected chi connectivity index (χ0v) is 8.73. The van der Waals surface area contributed by atoms with Crippen LogP contribution in [0.2, 0.25) is 0 Å². The second-order valence-corrected chi connectivity index (χ2v) is 3.52. The molecule has 0 aliphatic rings. The minimum atomic E-state index is -2.43. The van der Waals surface area contributed by atoms with Gasteiger partial charge in [-0.1, -0.05) is 15.9 Å². The number of rotatable bonds is 4. The van der Waals surface area contributed by atoms with E-state index in [0.717, 1.165) is 0 Å². The van der Waals surface area contributed by atoms with Crippen molar-refractivity contribution in [2.45, 2.75) is 12.8 Å². The Labute approximate surface area is 88.0 Å². The fraction of sp³-hybridized carbons (Fsp3) is 0.333. The Morgan fingerprint density at radius 1 is 1.36 bits per heavy atom. The van der Waals surface area contributed by atoms with Crippen LogP contribution in [0.25, 0.3) is 0 Å². The van der Waals surface area contributed by atoms with Gasteiger partial charge in [0.15, 0.2) is 11.6 Å². The van der Waals surface area contributed by atoms with E-state index in [0.29, 0.717) is 4.47 Å². The monoisotopic (exact) mass is 268 g/mol. The summed E-state index contributed by atoms with van der Waals surface area (Å²) in [6.45, 7) is -0.189. The highest BCUT2D eigenvalue weighted by Gasteiger charge is 2.06. The first-order valence-corrected chi connectivity index (χ1v) is 4.75. The zero-order valence-electron chi connectivity index (χ0n) is 7.14. The van der Waals surface area contributed by atoms with Crippen molar-refractivity contribution >= 4 is 15.9 Å². The molecule has 0 radical (unpaired) electrons. The Morgan fingerprint density at radius 2 is 2.07 bits per heavy atom. The van der Waals surface area contributed by atoms with Gasteiger partial charge >= 0.3 is 0 Å². The predicted molar refractivity (Wildman–Crippen MR) is 50.2 cm³/mol. The fourth-order valence-corrected chi connectivity index (χ4v) is 1.19. The lowest BCUT2D eigenvalue weighted by Crippen LogP contribution is -2.04. The Bertz CT molecular complexity index is 304. The zero-order chi connectivity index (χ0) is 10.6. The smallest absolute Gasteiger partial charge is 0.241 e. The Balaban J connectivity index is 2.53. The second kappa shape index (κ2) is 5.24. The summed E-state index contributed by atoms with van der Waals surface area (Å²) in [5, 5.41) is 0. The van der Waals surface area contributed by atoms with Crippen LogP contribution in [0.5, 0.6) is 5.75 Å². The average Bonchev–Trinajstić information content (AvgIpc) is 2.10. The van der Waals surface area contributed by atoms with E-state index in [1.54, 1.807) is 0 Å². The minimum absolute atomic E-state index is 0.0139. The molecule has 0 unspecified atom stereocenters. The van der Waals surface area contributed by atoms with Gasteiger partial charge in [0.25, 0.3) is 0 Å². The fourth-order valence-electron chi connectivity index (χ4n) is 0.846. The molecular weight excluding hydrogens is 261 g/mol. The molecule has 14 heavy (non-hydrogen) atoms. The first kappa shape index (κ1) is 11.4. The molecule has 5 heteroatoms. The summed E-state index contributed by atoms with van der Waals surface area (Å²) >= 11 is 3.12. The van der Waals surface area contributed by atoms with E-state index in [1.807, 2.05) is 0 Å². The lowest BCUT2D eigenvalue weighted by atomic mass is 10.3. The summed E-state index contributed by atoms with van der Waals surface area (Å²) in [5.74, 6) is -0.567. The van der Waals surface area contributed by atoms with Gasteiger partial charge < -0.3 is 4.74 Å². The molecule has 78 valence electrons. The highest BCUT2D eigenvalue weighted by molar-refractivity contribution is 9.10. The van der Waals surface area contributed by atoms with E-state index in [-0.39, 0.29) is 12.4 Å². The van der Waals surface area contributed by atoms with E-state index in [1.165, 1.54) is 18.2 Å². The number of halogens is 4. The summed E-state index contributed by atoms with van der Waals surface area (Å²) in [4.78, 5) is 0. The number of ether oxygens (including phenoxy) is 1. The van der Waals surface area contributed by atoms with E-state index in [4.69, 9.17) is 4.74 Å². The third kappa shape index (κ3) is 3.57. The minimum Gasteiger partial charge on any atom is -0.490 e. The van der Waals surface area contributed by atoms with Crippen molar-refractivity contribution in [3.8, 4) is 5.75 Å². The predicted octanol–water partition coefficient (Wildman–Crippen LogP) is 3.62. The second-order valence-electron chi connectivity index (χ2n) is 2.60. The van der Waals surface area contributed by atoms with Crippen molar-refractivity contribution in [1.29, 1.82) is 0 Å². The van der Waals surface area contributed by atoms with Crippen molar-refractivity contribution in [2.75, 3.05) is 6.61 Å². The number of benzene rings is 1. The third-order valence-electron chi connectivity index (χ3n) is 1.49. The average molecular weight is 269 g/mol. The molecule has 0 amide bonds. The van der Waals surface area contributed by atoms with Crippen LogP contribution in [-0.2, 0) is 0 Å². The molecule has 0 fully saturated rings. The summed E-state index contributed by atoms with van der Waals surface area (Å²) in [6, 6.07) is 4.12. The van der Waals surface area contributed by atoms with Gasteiger partial charge in [-0.15, -0.1) is 0 Å². The first-order chi connectivity index (χ1) is 6.59. The third-order valence-corrected chi connectivity index (χ3v) is 1.98. The molecule has 0 atom stereocenters. The normalized spacial score (nSPS) is 10.6. The van der Waals surface area contributed by atoms with Gasteiger partial charge in [0, 0.05) is 10.9 Å². The SMILES string of the molecule is Fc1ccc(Br)cc1OCCC(F)F. The Morgan fingerprint density at radius 3 is 2.71 bits per heavy atom. The van der Waals surface area contributed by atoms with Crippen LogP contribution in [0.3, 0.4) is 0 Å². The van der Waals surface area contributed by atoms with Crippen molar-refractivity contribution < 1.29 is 17.9 Å². The molecule has 0 saturated carbocycles. The van der Waals surface area contributed by atoms with Crippen molar-refractivity contribution in [1.82, 2.24) is 0 Å². The number of hydrogen-bond acceptors (Lipinski definition) is 1. The maximum Gasteiger partial charge on any atom is 0.241 e. The van der Waals surface area contributed by atoms with E-state index in [2.05, 4.69) is 15.9 Å². The maximum absolute atomic E-state index is 13.0. The quantitative estimate of drug-likeness (QED) is 0.811. The lowest BCUT2D eigenvalue weighted by Gasteiger charge is -2.06. The van der Waals surface area contributed by atoms with Crippen LogP contribution in [0.1, 0.15) is 6.42 Å². The van der Waals surface area contributed by atoms with Crippen LogP contribution < -0.4 is 4.74 Å². The standard InChI is InChI=1S/C9H8BrF3O/c10-6-1-2-7(11)8(5-6)14-4-3-9(12)13/h1-2,5,9H,3-4H2. The van der Waals surface area contributed by atoms with Crippen molar-refractivity contribution in [3.05, 3.63) is 28.5 Å². The van der Waals surface area contributed by atoms with Gasteiger partial charge in [-0.2, -0.15) is 0 Å². The first-order valence-electron chi connectivity index (χ1n) is 3.95. The topological polar surface area (TPSA) is 9.23 Å². The maximum atomic E-state index is 13.0. The largest absolute Gasteiger partial charge is 0.490 e. The summed E-state index contributed by atoms with van der Waals surface area (Å²) in [5.41, 5.74) is 0. The summed E-state index contributed by atoms with van der Waals surface area (Å²) in [6.07, 6.45) is -2.82. The van der Waals surface area contributed by atoms with E-state index < -0.39 is 18.7 Å². The van der Waals surface area contributed by atoms with E-state index in [9.17, 15) is 13.2 Å². The highest BCUT2D eigenvalue weighted by atomic mass is 79.9. The van der Waals surface area contributed by atoms with Gasteiger partial charge in [0.05, 0.1) is 6.61 Å². The van der Waals surface area contributed by atoms with Gasteiger partial charge in [0.1, 0.15) is 0 Å². The van der Waals surface area contributed by atoms with Gasteiger partial charge in [0.2, 0.25) is 6.43 Å². The number of alkyl halides is 2. The van der Waals surface area contributed by atoms with Gasteiger partial charge in [-0.3, -0.25) is 0 Å². The lowest BCUT2D eigenvalue weighted by molar-refractivity contribution is 0.113. The molecule has 0 N–H and O–H groups in total. The summed E-state index contributed by atoms with van der Waals surface area (Å²) in [7, 11) is 0. The molecular formula is C9H8BrF3O. The van der Waals surface area contributed by atoms with Crippen LogP contribution in [0.15, 0.2) is 22.7 Å². The van der Waals surface area contributed by atoms with Crippen LogP contribution in [0, 0.1) is 5.82 Å². The molecule has 1 aromatic rings. The molecule has 1 nitrogen and oxygen atoms in total.